The van der Waals surface area contributed by atoms with E-state index >= 15 is 0 Å². The molecular formula is C29H36S. The lowest BCUT2D eigenvalue weighted by Crippen LogP contribution is -1.78. The predicted molar refractivity (Wildman–Crippen MR) is 141 cm³/mol. The zero-order chi connectivity index (χ0) is 22.5. The van der Waals surface area contributed by atoms with E-state index in [-0.39, 0.29) is 0 Å². The fourth-order valence-electron chi connectivity index (χ4n) is 2.17. The predicted octanol–water partition coefficient (Wildman–Crippen LogP) is 9.81. The monoisotopic (exact) mass is 416 g/mol. The quantitative estimate of drug-likeness (QED) is 0.319. The van der Waals surface area contributed by atoms with Gasteiger partial charge in [0.1, 0.15) is 0 Å². The smallest absolute Gasteiger partial charge is 0.0122 e. The van der Waals surface area contributed by atoms with Crippen LogP contribution in [0.1, 0.15) is 34.6 Å². The van der Waals surface area contributed by atoms with Gasteiger partial charge in [0.15, 0.2) is 0 Å². The molecule has 30 heavy (non-hydrogen) atoms. The largest absolute Gasteiger partial charge is 0.0979 e. The molecule has 0 aliphatic carbocycles. The first-order chi connectivity index (χ1) is 14.7. The summed E-state index contributed by atoms with van der Waals surface area (Å²) < 4.78 is 0. The summed E-state index contributed by atoms with van der Waals surface area (Å²) in [6.07, 6.45) is 20.0. The molecule has 1 heteroatoms. The topological polar surface area (TPSA) is 0 Å². The minimum absolute atomic E-state index is 1.15. The third-order valence-electron chi connectivity index (χ3n) is 3.57. The van der Waals surface area contributed by atoms with Gasteiger partial charge in [-0.25, -0.2) is 0 Å². The van der Waals surface area contributed by atoms with E-state index in [2.05, 4.69) is 61.2 Å². The molecule has 0 bridgehead atoms. The van der Waals surface area contributed by atoms with Crippen LogP contribution in [0.5, 0.6) is 0 Å². The van der Waals surface area contributed by atoms with Crippen LogP contribution >= 0.6 is 11.8 Å². The van der Waals surface area contributed by atoms with Gasteiger partial charge in [-0.05, 0) is 50.1 Å². The number of hydrogen-bond donors (Lipinski definition) is 0. The molecule has 0 spiro atoms. The van der Waals surface area contributed by atoms with Gasteiger partial charge in [0, 0.05) is 9.80 Å². The van der Waals surface area contributed by atoms with Gasteiger partial charge >= 0.3 is 0 Å². The summed E-state index contributed by atoms with van der Waals surface area (Å²) in [6, 6.07) is 19.0. The second-order valence-electron chi connectivity index (χ2n) is 5.73. The minimum atomic E-state index is 1.15. The standard InChI is InChI=1S/C19H18S.C8H12.C2H6/c1-3-5-11-18(4-2)20-19-14-12-17(13-15-19)16-9-7-6-8-10-16;1-3-5-7-8-6-4-2;1-2/h3-15H,2H2,1H3;3-8H,1-2H3;1-2H3/b5-3-,18-11+;5-3-,6-4+,8-7-;. The highest BCUT2D eigenvalue weighted by Gasteiger charge is 1.99. The van der Waals surface area contributed by atoms with Crippen molar-refractivity contribution in [3.8, 4) is 11.1 Å². The van der Waals surface area contributed by atoms with Crippen LogP contribution in [0, 0.1) is 0 Å². The van der Waals surface area contributed by atoms with Gasteiger partial charge in [0.05, 0.1) is 0 Å². The Hall–Kier alpha value is -2.77. The molecule has 0 nitrogen and oxygen atoms in total. The zero-order valence-electron chi connectivity index (χ0n) is 19.1. The van der Waals surface area contributed by atoms with Crippen molar-refractivity contribution in [2.45, 2.75) is 39.5 Å². The highest BCUT2D eigenvalue weighted by molar-refractivity contribution is 8.03. The summed E-state index contributed by atoms with van der Waals surface area (Å²) in [6.45, 7) is 13.9. The second kappa shape index (κ2) is 19.5. The van der Waals surface area contributed by atoms with Crippen LogP contribution in [-0.2, 0) is 0 Å². The van der Waals surface area contributed by atoms with E-state index in [1.807, 2.05) is 95.4 Å². The van der Waals surface area contributed by atoms with Gasteiger partial charge in [-0.2, -0.15) is 0 Å². The lowest BCUT2D eigenvalue weighted by molar-refractivity contribution is 1.46. The summed E-state index contributed by atoms with van der Waals surface area (Å²) in [5.41, 5.74) is 2.49. The lowest BCUT2D eigenvalue weighted by atomic mass is 10.1. The third kappa shape index (κ3) is 12.6. The van der Waals surface area contributed by atoms with Crippen LogP contribution in [0.2, 0.25) is 0 Å². The number of benzene rings is 2. The normalized spacial score (nSPS) is 11.4. The van der Waals surface area contributed by atoms with E-state index in [0.29, 0.717) is 0 Å². The molecule has 0 fully saturated rings. The maximum Gasteiger partial charge on any atom is 0.0122 e. The number of allylic oxidation sites excluding steroid dienone is 10. The minimum Gasteiger partial charge on any atom is -0.0979 e. The fourth-order valence-corrected chi connectivity index (χ4v) is 2.94. The second-order valence-corrected chi connectivity index (χ2v) is 6.87. The summed E-state index contributed by atoms with van der Waals surface area (Å²) in [7, 11) is 0. The van der Waals surface area contributed by atoms with Gasteiger partial charge in [-0.3, -0.25) is 0 Å². The van der Waals surface area contributed by atoms with Gasteiger partial charge in [-0.1, -0.05) is 129 Å². The first-order valence-electron chi connectivity index (χ1n) is 10.4. The number of rotatable bonds is 7. The molecule has 0 aromatic heterocycles. The van der Waals surface area contributed by atoms with Crippen LogP contribution in [0.4, 0.5) is 0 Å². The Morgan fingerprint density at radius 3 is 1.63 bits per heavy atom. The highest BCUT2D eigenvalue weighted by Crippen LogP contribution is 2.29. The van der Waals surface area contributed by atoms with Gasteiger partial charge < -0.3 is 0 Å². The third-order valence-corrected chi connectivity index (χ3v) is 4.62. The molecule has 0 aliphatic rings. The number of hydrogen-bond acceptors (Lipinski definition) is 1. The molecular weight excluding hydrogens is 380 g/mol. The van der Waals surface area contributed by atoms with E-state index in [0.717, 1.165) is 4.91 Å². The van der Waals surface area contributed by atoms with E-state index in [4.69, 9.17) is 0 Å². The van der Waals surface area contributed by atoms with Crippen molar-refractivity contribution in [1.29, 1.82) is 0 Å². The van der Waals surface area contributed by atoms with Gasteiger partial charge in [-0.15, -0.1) is 0 Å². The molecule has 0 atom stereocenters. The zero-order valence-corrected chi connectivity index (χ0v) is 19.9. The Morgan fingerprint density at radius 1 is 0.667 bits per heavy atom. The van der Waals surface area contributed by atoms with Crippen molar-refractivity contribution >= 4 is 11.8 Å². The van der Waals surface area contributed by atoms with Gasteiger partial charge in [0.25, 0.3) is 0 Å². The molecule has 2 rings (SSSR count). The van der Waals surface area contributed by atoms with Crippen LogP contribution in [-0.4, -0.2) is 0 Å². The first-order valence-corrected chi connectivity index (χ1v) is 11.3. The molecule has 158 valence electrons. The molecule has 0 heterocycles. The van der Waals surface area contributed by atoms with Crippen LogP contribution in [0.15, 0.2) is 132 Å². The number of thioether (sulfide) groups is 1. The average molecular weight is 417 g/mol. The Labute approximate surface area is 189 Å². The van der Waals surface area contributed by atoms with Crippen molar-refractivity contribution in [2.24, 2.45) is 0 Å². The van der Waals surface area contributed by atoms with Crippen molar-refractivity contribution in [3.05, 3.63) is 127 Å². The van der Waals surface area contributed by atoms with E-state index in [1.165, 1.54) is 16.0 Å². The SMILES string of the molecule is C=C/C(=C\C=C/C)Sc1ccc(-c2ccccc2)cc1.CC.C\C=C/C=C\C=C\C. The van der Waals surface area contributed by atoms with Crippen molar-refractivity contribution in [1.82, 2.24) is 0 Å². The Kier molecular flexibility index (Phi) is 17.7. The molecule has 0 aliphatic heterocycles. The van der Waals surface area contributed by atoms with Gasteiger partial charge in [0.2, 0.25) is 0 Å². The van der Waals surface area contributed by atoms with E-state index in [1.54, 1.807) is 11.8 Å². The van der Waals surface area contributed by atoms with Crippen LogP contribution < -0.4 is 0 Å². The molecule has 2 aromatic carbocycles. The molecule has 0 unspecified atom stereocenters. The molecule has 2 aromatic rings. The molecule has 0 radical (unpaired) electrons. The van der Waals surface area contributed by atoms with E-state index < -0.39 is 0 Å². The molecule has 0 N–H and O–H groups in total. The Bertz CT molecular complexity index is 802. The van der Waals surface area contributed by atoms with E-state index in [9.17, 15) is 0 Å². The maximum absolute atomic E-state index is 3.85. The molecule has 0 saturated heterocycles. The summed E-state index contributed by atoms with van der Waals surface area (Å²) >= 11 is 1.72. The Balaban J connectivity index is 0.000000712. The highest BCUT2D eigenvalue weighted by atomic mass is 32.2. The Morgan fingerprint density at radius 2 is 1.17 bits per heavy atom. The molecule has 0 amide bonds. The van der Waals surface area contributed by atoms with Crippen molar-refractivity contribution < 1.29 is 0 Å². The molecule has 0 saturated carbocycles. The summed E-state index contributed by atoms with van der Waals surface area (Å²) in [5.74, 6) is 0. The van der Waals surface area contributed by atoms with Crippen molar-refractivity contribution in [2.75, 3.05) is 0 Å². The summed E-state index contributed by atoms with van der Waals surface area (Å²) in [5, 5.41) is 0. The fraction of sp³-hybridized carbons (Fsp3) is 0.172. The first kappa shape index (κ1) is 27.2. The maximum atomic E-state index is 3.85. The van der Waals surface area contributed by atoms with Crippen molar-refractivity contribution in [3.63, 3.8) is 0 Å². The van der Waals surface area contributed by atoms with Crippen LogP contribution in [0.3, 0.4) is 0 Å². The van der Waals surface area contributed by atoms with Crippen LogP contribution in [0.25, 0.3) is 11.1 Å². The summed E-state index contributed by atoms with van der Waals surface area (Å²) in [4.78, 5) is 2.37. The average Bonchev–Trinajstić information content (AvgIpc) is 2.82. The lowest BCUT2D eigenvalue weighted by Gasteiger charge is -2.05.